The quantitative estimate of drug-likeness (QED) is 0.680. The van der Waals surface area contributed by atoms with E-state index in [0.29, 0.717) is 0 Å². The third kappa shape index (κ3) is 1.37. The van der Waals surface area contributed by atoms with Gasteiger partial charge in [-0.1, -0.05) is 23.5 Å². The van der Waals surface area contributed by atoms with E-state index in [1.165, 1.54) is 11.3 Å². The SMILES string of the molecule is COc1ccccc1-c1cn2ncsc2n1. The minimum atomic E-state index is 0.827. The van der Waals surface area contributed by atoms with Gasteiger partial charge in [0.15, 0.2) is 0 Å². The summed E-state index contributed by atoms with van der Waals surface area (Å²) in [5.74, 6) is 0.827. The van der Waals surface area contributed by atoms with Crippen LogP contribution >= 0.6 is 11.3 Å². The summed E-state index contributed by atoms with van der Waals surface area (Å²) in [6.45, 7) is 0. The maximum absolute atomic E-state index is 5.31. The largest absolute Gasteiger partial charge is 0.496 e. The van der Waals surface area contributed by atoms with Crippen LogP contribution in [-0.2, 0) is 0 Å². The zero-order chi connectivity index (χ0) is 11.0. The van der Waals surface area contributed by atoms with Crippen LogP contribution in [-0.4, -0.2) is 21.7 Å². The first-order valence-electron chi connectivity index (χ1n) is 4.81. The number of hydrogen-bond acceptors (Lipinski definition) is 4. The smallest absolute Gasteiger partial charge is 0.212 e. The van der Waals surface area contributed by atoms with Gasteiger partial charge in [-0.15, -0.1) is 0 Å². The summed E-state index contributed by atoms with van der Waals surface area (Å²) < 4.78 is 7.08. The van der Waals surface area contributed by atoms with Gasteiger partial charge in [0.05, 0.1) is 19.0 Å². The number of imidazole rings is 1. The number of benzene rings is 1. The van der Waals surface area contributed by atoms with Crippen LogP contribution in [0.3, 0.4) is 0 Å². The molecule has 3 aromatic rings. The van der Waals surface area contributed by atoms with E-state index in [0.717, 1.165) is 22.0 Å². The number of rotatable bonds is 2. The third-order valence-electron chi connectivity index (χ3n) is 2.37. The molecular weight excluding hydrogens is 222 g/mol. The van der Waals surface area contributed by atoms with Crippen molar-refractivity contribution in [1.29, 1.82) is 0 Å². The molecule has 0 unspecified atom stereocenters. The van der Waals surface area contributed by atoms with Crippen molar-refractivity contribution in [2.75, 3.05) is 7.11 Å². The molecule has 0 saturated carbocycles. The second-order valence-electron chi connectivity index (χ2n) is 3.29. The molecule has 0 aliphatic carbocycles. The Bertz CT molecular complexity index is 600. The Morgan fingerprint density at radius 1 is 1.31 bits per heavy atom. The molecule has 0 radical (unpaired) electrons. The summed E-state index contributed by atoms with van der Waals surface area (Å²) in [7, 11) is 1.66. The van der Waals surface area contributed by atoms with Gasteiger partial charge >= 0.3 is 0 Å². The predicted octanol–water partition coefficient (Wildman–Crippen LogP) is 2.47. The molecule has 2 aromatic heterocycles. The molecule has 80 valence electrons. The van der Waals surface area contributed by atoms with Crippen molar-refractivity contribution in [3.05, 3.63) is 36.0 Å². The van der Waals surface area contributed by atoms with Crippen LogP contribution in [0.2, 0.25) is 0 Å². The third-order valence-corrected chi connectivity index (χ3v) is 3.06. The Labute approximate surface area is 96.1 Å². The first kappa shape index (κ1) is 9.35. The minimum absolute atomic E-state index is 0.827. The van der Waals surface area contributed by atoms with E-state index in [1.807, 2.05) is 30.5 Å². The van der Waals surface area contributed by atoms with Crippen LogP contribution in [0.1, 0.15) is 0 Å². The van der Waals surface area contributed by atoms with Crippen LogP contribution in [0.5, 0.6) is 5.75 Å². The molecule has 1 aromatic carbocycles. The van der Waals surface area contributed by atoms with Crippen molar-refractivity contribution < 1.29 is 4.74 Å². The highest BCUT2D eigenvalue weighted by atomic mass is 32.1. The van der Waals surface area contributed by atoms with Gasteiger partial charge in [-0.05, 0) is 12.1 Å². The second-order valence-corrected chi connectivity index (χ2v) is 4.10. The Balaban J connectivity index is 2.18. The molecule has 0 spiro atoms. The first-order chi connectivity index (χ1) is 7.88. The molecule has 4 nitrogen and oxygen atoms in total. The maximum atomic E-state index is 5.31. The molecule has 16 heavy (non-hydrogen) atoms. The van der Waals surface area contributed by atoms with E-state index in [-0.39, 0.29) is 0 Å². The number of nitrogens with zero attached hydrogens (tertiary/aromatic N) is 3. The molecule has 0 saturated heterocycles. The summed E-state index contributed by atoms with van der Waals surface area (Å²) in [6, 6.07) is 7.83. The Morgan fingerprint density at radius 3 is 3.00 bits per heavy atom. The van der Waals surface area contributed by atoms with Gasteiger partial charge in [0, 0.05) is 5.56 Å². The van der Waals surface area contributed by atoms with Crippen molar-refractivity contribution in [2.45, 2.75) is 0 Å². The molecule has 0 aliphatic heterocycles. The molecule has 5 heteroatoms. The zero-order valence-corrected chi connectivity index (χ0v) is 9.44. The van der Waals surface area contributed by atoms with E-state index >= 15 is 0 Å². The molecule has 0 N–H and O–H groups in total. The van der Waals surface area contributed by atoms with Gasteiger partial charge in [-0.2, -0.15) is 5.10 Å². The van der Waals surface area contributed by atoms with Gasteiger partial charge in [0.25, 0.3) is 0 Å². The second kappa shape index (κ2) is 3.61. The van der Waals surface area contributed by atoms with Crippen molar-refractivity contribution in [3.63, 3.8) is 0 Å². The van der Waals surface area contributed by atoms with E-state index in [9.17, 15) is 0 Å². The molecule has 3 rings (SSSR count). The van der Waals surface area contributed by atoms with E-state index in [4.69, 9.17) is 4.74 Å². The molecular formula is C11H9N3OS. The van der Waals surface area contributed by atoms with Gasteiger partial charge in [-0.25, -0.2) is 9.50 Å². The number of fused-ring (bicyclic) bond motifs is 1. The fraction of sp³-hybridized carbons (Fsp3) is 0.0909. The number of para-hydroxylation sites is 1. The monoisotopic (exact) mass is 231 g/mol. The van der Waals surface area contributed by atoms with Crippen molar-refractivity contribution >= 4 is 16.3 Å². The average Bonchev–Trinajstić information content (AvgIpc) is 2.89. The highest BCUT2D eigenvalue weighted by Crippen LogP contribution is 2.29. The first-order valence-corrected chi connectivity index (χ1v) is 5.69. The normalized spacial score (nSPS) is 10.8. The van der Waals surface area contributed by atoms with Gasteiger partial charge < -0.3 is 4.74 Å². The summed E-state index contributed by atoms with van der Waals surface area (Å²) in [5.41, 5.74) is 3.65. The van der Waals surface area contributed by atoms with Crippen molar-refractivity contribution in [1.82, 2.24) is 14.6 Å². The fourth-order valence-corrected chi connectivity index (χ4v) is 2.23. The molecule has 0 amide bonds. The summed E-state index contributed by atoms with van der Waals surface area (Å²) >= 11 is 1.52. The lowest BCUT2D eigenvalue weighted by Gasteiger charge is -2.04. The molecule has 0 aliphatic rings. The lowest BCUT2D eigenvalue weighted by atomic mass is 10.1. The standard InChI is InChI=1S/C11H9N3OS/c1-15-10-5-3-2-4-8(10)9-6-14-11(13-9)16-7-12-14/h2-7H,1H3. The van der Waals surface area contributed by atoms with Crippen LogP contribution in [0, 0.1) is 0 Å². The highest BCUT2D eigenvalue weighted by Gasteiger charge is 2.09. The summed E-state index contributed by atoms with van der Waals surface area (Å²) in [5, 5.41) is 4.15. The Kier molecular flexibility index (Phi) is 2.11. The Morgan fingerprint density at radius 2 is 2.19 bits per heavy atom. The number of aromatic nitrogens is 3. The number of methoxy groups -OCH3 is 1. The van der Waals surface area contributed by atoms with Crippen LogP contribution < -0.4 is 4.74 Å². The topological polar surface area (TPSA) is 39.4 Å². The van der Waals surface area contributed by atoms with Crippen molar-refractivity contribution in [3.8, 4) is 17.0 Å². The van der Waals surface area contributed by atoms with Crippen LogP contribution in [0.25, 0.3) is 16.2 Å². The lowest BCUT2D eigenvalue weighted by Crippen LogP contribution is -1.87. The molecule has 0 bridgehead atoms. The number of ether oxygens (including phenoxy) is 1. The summed E-state index contributed by atoms with van der Waals surface area (Å²) in [6.07, 6.45) is 1.91. The van der Waals surface area contributed by atoms with Crippen LogP contribution in [0.15, 0.2) is 36.0 Å². The minimum Gasteiger partial charge on any atom is -0.496 e. The molecule has 2 heterocycles. The zero-order valence-electron chi connectivity index (χ0n) is 8.62. The molecule has 0 fully saturated rings. The Hall–Kier alpha value is -1.88. The lowest BCUT2D eigenvalue weighted by molar-refractivity contribution is 0.416. The van der Waals surface area contributed by atoms with Gasteiger partial charge in [0.1, 0.15) is 11.3 Å². The highest BCUT2D eigenvalue weighted by molar-refractivity contribution is 7.14. The van der Waals surface area contributed by atoms with Gasteiger partial charge in [0.2, 0.25) is 4.96 Å². The van der Waals surface area contributed by atoms with E-state index < -0.39 is 0 Å². The predicted molar refractivity (Wildman–Crippen MR) is 62.9 cm³/mol. The van der Waals surface area contributed by atoms with Crippen LogP contribution in [0.4, 0.5) is 0 Å². The van der Waals surface area contributed by atoms with E-state index in [1.54, 1.807) is 17.1 Å². The fourth-order valence-electron chi connectivity index (χ4n) is 1.62. The van der Waals surface area contributed by atoms with Crippen molar-refractivity contribution in [2.24, 2.45) is 0 Å². The van der Waals surface area contributed by atoms with E-state index in [2.05, 4.69) is 10.1 Å². The number of hydrogen-bond donors (Lipinski definition) is 0. The maximum Gasteiger partial charge on any atom is 0.212 e. The summed E-state index contributed by atoms with van der Waals surface area (Å²) in [4.78, 5) is 5.38. The van der Waals surface area contributed by atoms with Gasteiger partial charge in [-0.3, -0.25) is 0 Å². The molecule has 0 atom stereocenters. The average molecular weight is 231 g/mol.